The minimum Gasteiger partial charge on any atom is -0.345 e. The molecule has 28 heavy (non-hydrogen) atoms. The molecule has 0 fully saturated rings. The topological polar surface area (TPSA) is 80.2 Å². The van der Waals surface area contributed by atoms with E-state index in [-0.39, 0.29) is 10.2 Å². The third kappa shape index (κ3) is 4.49. The number of aromatic nitrogens is 1. The standard InChI is InChI=1S/C20H23BrFN3O3/c1-10-15(18(27)23-12-7-8-14(22)13(21)9-12)11(2)25(6)16(10)17(26)19(28)24-20(3,4)5/h7-9H,1-6H3,(H,23,27)(H,24,28). The maximum absolute atomic E-state index is 13.4. The van der Waals surface area contributed by atoms with Crippen molar-refractivity contribution in [2.45, 2.75) is 40.2 Å². The van der Waals surface area contributed by atoms with Crippen LogP contribution >= 0.6 is 15.9 Å². The van der Waals surface area contributed by atoms with E-state index in [0.717, 1.165) is 0 Å². The highest BCUT2D eigenvalue weighted by Crippen LogP contribution is 2.25. The molecule has 8 heteroatoms. The van der Waals surface area contributed by atoms with Crippen LogP contribution < -0.4 is 10.6 Å². The lowest BCUT2D eigenvalue weighted by molar-refractivity contribution is -0.118. The summed E-state index contributed by atoms with van der Waals surface area (Å²) in [7, 11) is 1.63. The molecule has 0 unspecified atom stereocenters. The average molecular weight is 452 g/mol. The van der Waals surface area contributed by atoms with E-state index in [9.17, 15) is 18.8 Å². The molecule has 0 spiro atoms. The summed E-state index contributed by atoms with van der Waals surface area (Å²) in [6.07, 6.45) is 0. The molecular formula is C20H23BrFN3O3. The summed E-state index contributed by atoms with van der Waals surface area (Å²) < 4.78 is 15.1. The lowest BCUT2D eigenvalue weighted by Crippen LogP contribution is -2.44. The van der Waals surface area contributed by atoms with Gasteiger partial charge in [-0.3, -0.25) is 14.4 Å². The van der Waals surface area contributed by atoms with Gasteiger partial charge in [-0.1, -0.05) is 0 Å². The first-order chi connectivity index (χ1) is 12.8. The van der Waals surface area contributed by atoms with Gasteiger partial charge in [0.15, 0.2) is 0 Å². The molecule has 1 heterocycles. The number of halogens is 2. The molecule has 0 aliphatic heterocycles. The molecule has 2 N–H and O–H groups in total. The van der Waals surface area contributed by atoms with Gasteiger partial charge < -0.3 is 15.2 Å². The number of nitrogens with one attached hydrogen (secondary N) is 2. The third-order valence-electron chi connectivity index (χ3n) is 4.24. The van der Waals surface area contributed by atoms with E-state index < -0.39 is 29.0 Å². The highest BCUT2D eigenvalue weighted by atomic mass is 79.9. The van der Waals surface area contributed by atoms with E-state index in [4.69, 9.17) is 0 Å². The fourth-order valence-corrected chi connectivity index (χ4v) is 3.29. The molecule has 1 aromatic heterocycles. The van der Waals surface area contributed by atoms with Crippen LogP contribution in [0.4, 0.5) is 10.1 Å². The summed E-state index contributed by atoms with van der Waals surface area (Å²) >= 11 is 3.08. The van der Waals surface area contributed by atoms with Gasteiger partial charge in [-0.2, -0.15) is 0 Å². The second kappa shape index (κ2) is 7.87. The Bertz CT molecular complexity index is 974. The smallest absolute Gasteiger partial charge is 0.294 e. The van der Waals surface area contributed by atoms with Gasteiger partial charge in [0.25, 0.3) is 17.6 Å². The SMILES string of the molecule is Cc1c(C(=O)Nc2ccc(F)c(Br)c2)c(C)n(C)c1C(=O)C(=O)NC(C)(C)C. The maximum atomic E-state index is 13.4. The van der Waals surface area contributed by atoms with Gasteiger partial charge in [0.1, 0.15) is 5.82 Å². The second-order valence-corrected chi connectivity index (χ2v) is 8.46. The van der Waals surface area contributed by atoms with E-state index in [0.29, 0.717) is 22.5 Å². The van der Waals surface area contributed by atoms with Gasteiger partial charge in [-0.25, -0.2) is 4.39 Å². The van der Waals surface area contributed by atoms with Gasteiger partial charge in [-0.05, 0) is 74.3 Å². The second-order valence-electron chi connectivity index (χ2n) is 7.61. The largest absolute Gasteiger partial charge is 0.345 e. The molecular weight excluding hydrogens is 429 g/mol. The van der Waals surface area contributed by atoms with E-state index in [1.807, 2.05) is 0 Å². The van der Waals surface area contributed by atoms with Gasteiger partial charge in [0.2, 0.25) is 0 Å². The first-order valence-electron chi connectivity index (χ1n) is 8.62. The van der Waals surface area contributed by atoms with Gasteiger partial charge in [-0.15, -0.1) is 0 Å². The van der Waals surface area contributed by atoms with Crippen molar-refractivity contribution in [3.05, 3.63) is 51.0 Å². The molecule has 0 aliphatic carbocycles. The molecule has 2 aromatic rings. The number of Topliss-reactive ketones (excluding diaryl/α,β-unsaturated/α-hetero) is 1. The Balaban J connectivity index is 2.38. The number of anilines is 1. The lowest BCUT2D eigenvalue weighted by atomic mass is 10.1. The Labute approximate surface area is 171 Å². The normalized spacial score (nSPS) is 11.3. The quantitative estimate of drug-likeness (QED) is 0.546. The zero-order valence-electron chi connectivity index (χ0n) is 16.7. The number of hydrogen-bond acceptors (Lipinski definition) is 3. The van der Waals surface area contributed by atoms with Gasteiger partial charge >= 0.3 is 0 Å². The van der Waals surface area contributed by atoms with Crippen LogP contribution in [-0.2, 0) is 11.8 Å². The van der Waals surface area contributed by atoms with Crippen molar-refractivity contribution < 1.29 is 18.8 Å². The minimum atomic E-state index is -0.731. The first-order valence-corrected chi connectivity index (χ1v) is 9.42. The molecule has 6 nitrogen and oxygen atoms in total. The molecule has 0 saturated heterocycles. The van der Waals surface area contributed by atoms with Crippen LogP contribution in [0.2, 0.25) is 0 Å². The Hall–Kier alpha value is -2.48. The molecule has 150 valence electrons. The van der Waals surface area contributed by atoms with Crippen LogP contribution in [0.15, 0.2) is 22.7 Å². The first kappa shape index (κ1) is 21.8. The number of carbonyl (C=O) groups is 3. The van der Waals surface area contributed by atoms with Crippen molar-refractivity contribution in [2.24, 2.45) is 7.05 Å². The number of hydrogen-bond donors (Lipinski definition) is 2. The van der Waals surface area contributed by atoms with E-state index in [1.165, 1.54) is 22.8 Å². The van der Waals surface area contributed by atoms with Crippen LogP contribution in [0.5, 0.6) is 0 Å². The monoisotopic (exact) mass is 451 g/mol. The van der Waals surface area contributed by atoms with Crippen molar-refractivity contribution in [3.8, 4) is 0 Å². The van der Waals surface area contributed by atoms with Crippen molar-refractivity contribution in [1.29, 1.82) is 0 Å². The van der Waals surface area contributed by atoms with Crippen molar-refractivity contribution in [1.82, 2.24) is 9.88 Å². The number of nitrogens with zero attached hydrogens (tertiary/aromatic N) is 1. The molecule has 0 aliphatic rings. The van der Waals surface area contributed by atoms with Crippen LogP contribution in [0.3, 0.4) is 0 Å². The summed E-state index contributed by atoms with van der Waals surface area (Å²) in [4.78, 5) is 37.8. The summed E-state index contributed by atoms with van der Waals surface area (Å²) in [6, 6.07) is 4.12. The fourth-order valence-electron chi connectivity index (χ4n) is 2.91. The molecule has 0 saturated carbocycles. The zero-order valence-corrected chi connectivity index (χ0v) is 18.2. The maximum Gasteiger partial charge on any atom is 0.294 e. The summed E-state index contributed by atoms with van der Waals surface area (Å²) in [6.45, 7) is 8.66. The molecule has 1 aromatic carbocycles. The van der Waals surface area contributed by atoms with E-state index in [2.05, 4.69) is 26.6 Å². The third-order valence-corrected chi connectivity index (χ3v) is 4.85. The predicted molar refractivity (Wildman–Crippen MR) is 109 cm³/mol. The Morgan fingerprint density at radius 2 is 1.75 bits per heavy atom. The number of benzene rings is 1. The lowest BCUT2D eigenvalue weighted by Gasteiger charge is -2.20. The number of rotatable bonds is 4. The fraction of sp³-hybridized carbons (Fsp3) is 0.350. The van der Waals surface area contributed by atoms with Crippen molar-refractivity contribution in [2.75, 3.05) is 5.32 Å². The highest BCUT2D eigenvalue weighted by molar-refractivity contribution is 9.10. The molecule has 0 bridgehead atoms. The Morgan fingerprint density at radius 1 is 1.14 bits per heavy atom. The van der Waals surface area contributed by atoms with Crippen LogP contribution in [0.1, 0.15) is 52.9 Å². The summed E-state index contributed by atoms with van der Waals surface area (Å²) in [5.74, 6) is -2.32. The van der Waals surface area contributed by atoms with Crippen LogP contribution in [0.25, 0.3) is 0 Å². The average Bonchev–Trinajstić information content (AvgIpc) is 2.78. The number of ketones is 1. The number of amides is 2. The van der Waals surface area contributed by atoms with Crippen molar-refractivity contribution >= 4 is 39.2 Å². The summed E-state index contributed by atoms with van der Waals surface area (Å²) in [5, 5.41) is 5.33. The van der Waals surface area contributed by atoms with E-state index >= 15 is 0 Å². The van der Waals surface area contributed by atoms with Crippen molar-refractivity contribution in [3.63, 3.8) is 0 Å². The molecule has 2 amide bonds. The van der Waals surface area contributed by atoms with Crippen LogP contribution in [-0.4, -0.2) is 27.7 Å². The minimum absolute atomic E-state index is 0.157. The molecule has 0 radical (unpaired) electrons. The zero-order chi connectivity index (χ0) is 21.4. The Kier molecular flexibility index (Phi) is 6.13. The van der Waals surface area contributed by atoms with Gasteiger partial charge in [0, 0.05) is 24.0 Å². The van der Waals surface area contributed by atoms with E-state index in [1.54, 1.807) is 41.7 Å². The predicted octanol–water partition coefficient (Wildman–Crippen LogP) is 3.89. The Morgan fingerprint density at radius 3 is 2.29 bits per heavy atom. The molecule has 2 rings (SSSR count). The number of carbonyl (C=O) groups excluding carboxylic acids is 3. The van der Waals surface area contributed by atoms with Crippen LogP contribution in [0, 0.1) is 19.7 Å². The van der Waals surface area contributed by atoms with Gasteiger partial charge in [0.05, 0.1) is 15.7 Å². The molecule has 0 atom stereocenters. The summed E-state index contributed by atoms with van der Waals surface area (Å²) in [5.41, 5.74) is 1.26. The highest BCUT2D eigenvalue weighted by Gasteiger charge is 2.30.